The van der Waals surface area contributed by atoms with Gasteiger partial charge in [0.05, 0.1) is 0 Å². The van der Waals surface area contributed by atoms with Crippen molar-refractivity contribution in [2.24, 2.45) is 0 Å². The number of aliphatic carboxylic acids is 1. The Balaban J connectivity index is 1.65. The fourth-order valence-corrected chi connectivity index (χ4v) is 2.66. The third kappa shape index (κ3) is 4.39. The van der Waals surface area contributed by atoms with E-state index in [-0.39, 0.29) is 5.76 Å². The highest BCUT2D eigenvalue weighted by Crippen LogP contribution is 2.21. The number of hydrogen-bond acceptors (Lipinski definition) is 3. The highest BCUT2D eigenvalue weighted by Gasteiger charge is 2.22. The number of amides is 1. The maximum atomic E-state index is 12.3. The number of aryl methyl sites for hydroxylation is 1. The molecule has 0 aliphatic heterocycles. The van der Waals surface area contributed by atoms with Gasteiger partial charge in [-0.15, -0.1) is 0 Å². The molecule has 1 atom stereocenters. The largest absolute Gasteiger partial charge is 0.480 e. The molecule has 1 amide bonds. The van der Waals surface area contributed by atoms with Crippen molar-refractivity contribution in [3.63, 3.8) is 0 Å². The summed E-state index contributed by atoms with van der Waals surface area (Å²) in [7, 11) is 0. The van der Waals surface area contributed by atoms with E-state index in [1.807, 2.05) is 60.7 Å². The molecule has 0 saturated heterocycles. The van der Waals surface area contributed by atoms with Gasteiger partial charge in [-0.05, 0) is 30.5 Å². The van der Waals surface area contributed by atoms with Crippen LogP contribution < -0.4 is 5.32 Å². The Labute approximate surface area is 151 Å². The molecule has 1 heterocycles. The molecular formula is C21H19NO4. The first kappa shape index (κ1) is 17.5. The van der Waals surface area contributed by atoms with E-state index in [0.717, 1.165) is 11.1 Å². The van der Waals surface area contributed by atoms with Crippen LogP contribution in [0.15, 0.2) is 77.2 Å². The number of rotatable bonds is 7. The van der Waals surface area contributed by atoms with Crippen LogP contribution in [-0.2, 0) is 11.2 Å². The van der Waals surface area contributed by atoms with E-state index >= 15 is 0 Å². The molecule has 5 heteroatoms. The molecule has 2 aromatic carbocycles. The Morgan fingerprint density at radius 1 is 0.923 bits per heavy atom. The zero-order chi connectivity index (χ0) is 18.4. The van der Waals surface area contributed by atoms with Crippen LogP contribution >= 0.6 is 0 Å². The topological polar surface area (TPSA) is 79.5 Å². The van der Waals surface area contributed by atoms with Gasteiger partial charge in [0.25, 0.3) is 5.91 Å². The van der Waals surface area contributed by atoms with Crippen LogP contribution in [0.5, 0.6) is 0 Å². The highest BCUT2D eigenvalue weighted by atomic mass is 16.4. The zero-order valence-corrected chi connectivity index (χ0v) is 14.1. The van der Waals surface area contributed by atoms with Crippen LogP contribution in [0.2, 0.25) is 0 Å². The minimum Gasteiger partial charge on any atom is -0.480 e. The summed E-state index contributed by atoms with van der Waals surface area (Å²) in [4.78, 5) is 23.8. The van der Waals surface area contributed by atoms with E-state index in [1.54, 1.807) is 12.1 Å². The molecule has 0 unspecified atom stereocenters. The van der Waals surface area contributed by atoms with E-state index in [0.29, 0.717) is 18.6 Å². The number of carbonyl (C=O) groups excluding carboxylic acids is 1. The third-order valence-corrected chi connectivity index (χ3v) is 4.06. The van der Waals surface area contributed by atoms with Gasteiger partial charge in [-0.2, -0.15) is 0 Å². The second-order valence-electron chi connectivity index (χ2n) is 5.92. The number of nitrogens with one attached hydrogen (secondary N) is 1. The maximum Gasteiger partial charge on any atom is 0.326 e. The molecule has 0 aliphatic carbocycles. The lowest BCUT2D eigenvalue weighted by Gasteiger charge is -2.13. The number of carboxylic acids is 1. The summed E-state index contributed by atoms with van der Waals surface area (Å²) in [5.41, 5.74) is 1.88. The quantitative estimate of drug-likeness (QED) is 0.681. The first-order valence-electron chi connectivity index (χ1n) is 8.36. The standard InChI is InChI=1S/C21H19NO4/c23-20(19-14-13-18(26-19)16-9-5-2-6-10-16)22-17(21(24)25)12-11-15-7-3-1-4-8-15/h1-10,13-14,17H,11-12H2,(H,22,23)(H,24,25)/t17-/m0/s1. The first-order valence-corrected chi connectivity index (χ1v) is 8.36. The number of hydrogen-bond donors (Lipinski definition) is 2. The second-order valence-corrected chi connectivity index (χ2v) is 5.92. The monoisotopic (exact) mass is 349 g/mol. The molecule has 0 saturated carbocycles. The molecule has 132 valence electrons. The number of carboxylic acid groups (broad SMARTS) is 1. The van der Waals surface area contributed by atoms with Gasteiger partial charge >= 0.3 is 5.97 Å². The van der Waals surface area contributed by atoms with Crippen molar-refractivity contribution in [1.29, 1.82) is 0 Å². The molecule has 26 heavy (non-hydrogen) atoms. The molecule has 1 aromatic heterocycles. The molecule has 3 rings (SSSR count). The van der Waals surface area contributed by atoms with Crippen LogP contribution in [0.25, 0.3) is 11.3 Å². The van der Waals surface area contributed by atoms with Crippen LogP contribution in [0.1, 0.15) is 22.5 Å². The van der Waals surface area contributed by atoms with Gasteiger partial charge in [-0.1, -0.05) is 60.7 Å². The Bertz CT molecular complexity index is 871. The first-order chi connectivity index (χ1) is 12.6. The van der Waals surface area contributed by atoms with E-state index in [9.17, 15) is 14.7 Å². The summed E-state index contributed by atoms with van der Waals surface area (Å²) < 4.78 is 5.57. The molecule has 0 aliphatic rings. The molecule has 2 N–H and O–H groups in total. The molecule has 0 fully saturated rings. The summed E-state index contributed by atoms with van der Waals surface area (Å²) in [6.07, 6.45) is 0.864. The van der Waals surface area contributed by atoms with Gasteiger partial charge in [0.2, 0.25) is 0 Å². The molecular weight excluding hydrogens is 330 g/mol. The van der Waals surface area contributed by atoms with E-state index in [4.69, 9.17) is 4.42 Å². The lowest BCUT2D eigenvalue weighted by molar-refractivity contribution is -0.139. The van der Waals surface area contributed by atoms with Crippen molar-refractivity contribution in [2.45, 2.75) is 18.9 Å². The normalized spacial score (nSPS) is 11.7. The van der Waals surface area contributed by atoms with Crippen LogP contribution in [0.4, 0.5) is 0 Å². The van der Waals surface area contributed by atoms with Crippen LogP contribution in [0, 0.1) is 0 Å². The van der Waals surface area contributed by atoms with Gasteiger partial charge in [-0.25, -0.2) is 4.79 Å². The molecule has 0 spiro atoms. The third-order valence-electron chi connectivity index (χ3n) is 4.06. The van der Waals surface area contributed by atoms with E-state index in [2.05, 4.69) is 5.32 Å². The molecule has 0 bridgehead atoms. The highest BCUT2D eigenvalue weighted by molar-refractivity contribution is 5.94. The number of carbonyl (C=O) groups is 2. The number of benzene rings is 2. The lowest BCUT2D eigenvalue weighted by atomic mass is 10.1. The average molecular weight is 349 g/mol. The molecule has 0 radical (unpaired) electrons. The summed E-state index contributed by atoms with van der Waals surface area (Å²) in [6, 6.07) is 21.2. The van der Waals surface area contributed by atoms with Gasteiger partial charge in [0, 0.05) is 5.56 Å². The molecule has 5 nitrogen and oxygen atoms in total. The van der Waals surface area contributed by atoms with Crippen molar-refractivity contribution >= 4 is 11.9 Å². The van der Waals surface area contributed by atoms with Crippen molar-refractivity contribution < 1.29 is 19.1 Å². The Kier molecular flexibility index (Phi) is 5.49. The van der Waals surface area contributed by atoms with Gasteiger partial charge in [-0.3, -0.25) is 4.79 Å². The summed E-state index contributed by atoms with van der Waals surface area (Å²) in [5, 5.41) is 11.9. The van der Waals surface area contributed by atoms with Crippen molar-refractivity contribution in [3.05, 3.63) is 84.1 Å². The minimum absolute atomic E-state index is 0.0924. The van der Waals surface area contributed by atoms with Crippen LogP contribution in [-0.4, -0.2) is 23.0 Å². The Morgan fingerprint density at radius 3 is 2.23 bits per heavy atom. The Morgan fingerprint density at radius 2 is 1.58 bits per heavy atom. The van der Waals surface area contributed by atoms with Gasteiger partial charge < -0.3 is 14.8 Å². The van der Waals surface area contributed by atoms with E-state index < -0.39 is 17.9 Å². The summed E-state index contributed by atoms with van der Waals surface area (Å²) in [6.45, 7) is 0. The van der Waals surface area contributed by atoms with Gasteiger partial charge in [0.15, 0.2) is 5.76 Å². The van der Waals surface area contributed by atoms with Crippen molar-refractivity contribution in [1.82, 2.24) is 5.32 Å². The molecule has 3 aromatic rings. The van der Waals surface area contributed by atoms with Crippen LogP contribution in [0.3, 0.4) is 0 Å². The lowest BCUT2D eigenvalue weighted by Crippen LogP contribution is -2.41. The van der Waals surface area contributed by atoms with E-state index in [1.165, 1.54) is 0 Å². The minimum atomic E-state index is -1.07. The predicted octanol–water partition coefficient (Wildman–Crippen LogP) is 3.76. The van der Waals surface area contributed by atoms with Gasteiger partial charge in [0.1, 0.15) is 11.8 Å². The Hall–Kier alpha value is -3.34. The summed E-state index contributed by atoms with van der Waals surface area (Å²) in [5.74, 6) is -0.946. The predicted molar refractivity (Wildman–Crippen MR) is 97.8 cm³/mol. The maximum absolute atomic E-state index is 12.3. The zero-order valence-electron chi connectivity index (χ0n) is 14.1. The SMILES string of the molecule is O=C(N[C@@H](CCc1ccccc1)C(=O)O)c1ccc(-c2ccccc2)o1. The van der Waals surface area contributed by atoms with Crippen molar-refractivity contribution in [3.8, 4) is 11.3 Å². The fourth-order valence-electron chi connectivity index (χ4n) is 2.66. The smallest absolute Gasteiger partial charge is 0.326 e. The van der Waals surface area contributed by atoms with Crippen molar-refractivity contribution in [2.75, 3.05) is 0 Å². The fraction of sp³-hybridized carbons (Fsp3) is 0.143. The average Bonchev–Trinajstić information content (AvgIpc) is 3.16. The second kappa shape index (κ2) is 8.16. The number of furan rings is 1. The summed E-state index contributed by atoms with van der Waals surface area (Å²) >= 11 is 0.